The van der Waals surface area contributed by atoms with E-state index in [2.05, 4.69) is 15.5 Å². The third-order valence-electron chi connectivity index (χ3n) is 3.90. The minimum absolute atomic E-state index is 0.0157. The Kier molecular flexibility index (Phi) is 5.19. The monoisotopic (exact) mass is 391 g/mol. The summed E-state index contributed by atoms with van der Waals surface area (Å²) in [6.45, 7) is 0. The van der Waals surface area contributed by atoms with E-state index in [1.807, 2.05) is 23.6 Å². The van der Waals surface area contributed by atoms with Gasteiger partial charge in [0.1, 0.15) is 0 Å². The molecule has 0 atom stereocenters. The van der Waals surface area contributed by atoms with Crippen LogP contribution < -0.4 is 5.32 Å². The lowest BCUT2D eigenvalue weighted by atomic mass is 10.0. The van der Waals surface area contributed by atoms with Crippen LogP contribution in [0.2, 0.25) is 0 Å². The van der Waals surface area contributed by atoms with Crippen LogP contribution in [0.15, 0.2) is 28.1 Å². The molecule has 3 aromatic heterocycles. The molecule has 3 heterocycles. The van der Waals surface area contributed by atoms with Crippen molar-refractivity contribution in [1.29, 1.82) is 0 Å². The van der Waals surface area contributed by atoms with E-state index in [4.69, 9.17) is 4.52 Å². The number of carbonyl (C=O) groups is 1. The highest BCUT2D eigenvalue weighted by Gasteiger charge is 2.16. The van der Waals surface area contributed by atoms with Crippen LogP contribution >= 0.6 is 34.4 Å². The van der Waals surface area contributed by atoms with Crippen molar-refractivity contribution in [1.82, 2.24) is 10.1 Å². The number of fused-ring (bicyclic) bond motifs is 1. The Morgan fingerprint density at radius 1 is 1.36 bits per heavy atom. The van der Waals surface area contributed by atoms with E-state index in [1.165, 1.54) is 35.2 Å². The van der Waals surface area contributed by atoms with Crippen molar-refractivity contribution in [3.05, 3.63) is 39.8 Å². The molecule has 0 saturated carbocycles. The lowest BCUT2D eigenvalue weighted by Crippen LogP contribution is -2.14. The minimum Gasteiger partial charge on any atom is -0.355 e. The number of amides is 1. The lowest BCUT2D eigenvalue weighted by molar-refractivity contribution is -0.113. The number of thiazole rings is 1. The van der Waals surface area contributed by atoms with Crippen molar-refractivity contribution in [2.24, 2.45) is 0 Å². The largest absolute Gasteiger partial charge is 0.355 e. The van der Waals surface area contributed by atoms with Crippen molar-refractivity contribution in [2.45, 2.75) is 31.4 Å². The zero-order chi connectivity index (χ0) is 17.1. The maximum atomic E-state index is 12.1. The number of thioether (sulfide) groups is 1. The molecule has 8 heteroatoms. The Labute approximate surface area is 157 Å². The van der Waals surface area contributed by atoms with Gasteiger partial charge in [-0.2, -0.15) is 0 Å². The van der Waals surface area contributed by atoms with Crippen molar-refractivity contribution in [2.75, 3.05) is 11.1 Å². The quantitative estimate of drug-likeness (QED) is 0.664. The van der Waals surface area contributed by atoms with E-state index in [0.29, 0.717) is 11.5 Å². The summed E-state index contributed by atoms with van der Waals surface area (Å²) in [6, 6.07) is 5.92. The summed E-state index contributed by atoms with van der Waals surface area (Å²) < 4.78 is 5.35. The summed E-state index contributed by atoms with van der Waals surface area (Å²) in [6.07, 6.45) is 4.56. The van der Waals surface area contributed by atoms with Gasteiger partial charge in [-0.25, -0.2) is 4.98 Å². The summed E-state index contributed by atoms with van der Waals surface area (Å²) in [5.41, 5.74) is 2.02. The highest BCUT2D eigenvalue weighted by molar-refractivity contribution is 7.99. The first-order valence-electron chi connectivity index (χ1n) is 8.13. The van der Waals surface area contributed by atoms with Crippen LogP contribution in [-0.2, 0) is 23.4 Å². The zero-order valence-electron chi connectivity index (χ0n) is 13.5. The SMILES string of the molecule is O=C(CSCc1cc(-c2cccs2)on1)Nc1nc2c(s1)CCCC2. The second-order valence-corrected chi connectivity index (χ2v) is 8.81. The Hall–Kier alpha value is -1.64. The number of carbonyl (C=O) groups excluding carboxylic acids is 1. The molecule has 0 aromatic carbocycles. The van der Waals surface area contributed by atoms with Crippen molar-refractivity contribution >= 4 is 45.5 Å². The molecule has 1 aliphatic rings. The number of nitrogens with one attached hydrogen (secondary N) is 1. The van der Waals surface area contributed by atoms with Gasteiger partial charge in [0.05, 0.1) is 22.0 Å². The number of aryl methyl sites for hydroxylation is 2. The van der Waals surface area contributed by atoms with Gasteiger partial charge in [0.25, 0.3) is 0 Å². The zero-order valence-corrected chi connectivity index (χ0v) is 15.9. The van der Waals surface area contributed by atoms with Crippen molar-refractivity contribution < 1.29 is 9.32 Å². The molecular formula is C17H17N3O2S3. The molecule has 1 aliphatic carbocycles. The van der Waals surface area contributed by atoms with E-state index in [0.717, 1.165) is 34.3 Å². The molecule has 25 heavy (non-hydrogen) atoms. The van der Waals surface area contributed by atoms with E-state index in [-0.39, 0.29) is 5.91 Å². The number of aromatic nitrogens is 2. The molecule has 1 amide bonds. The molecule has 130 valence electrons. The van der Waals surface area contributed by atoms with Gasteiger partial charge in [-0.15, -0.1) is 34.4 Å². The minimum atomic E-state index is -0.0157. The third kappa shape index (κ3) is 4.13. The van der Waals surface area contributed by atoms with Crippen LogP contribution in [0.1, 0.15) is 29.1 Å². The fraction of sp³-hybridized carbons (Fsp3) is 0.353. The Morgan fingerprint density at radius 3 is 3.12 bits per heavy atom. The second-order valence-electron chi connectivity index (χ2n) is 5.80. The molecule has 1 N–H and O–H groups in total. The Balaban J connectivity index is 1.26. The van der Waals surface area contributed by atoms with Gasteiger partial charge < -0.3 is 9.84 Å². The van der Waals surface area contributed by atoms with E-state index in [1.54, 1.807) is 22.7 Å². The van der Waals surface area contributed by atoms with E-state index in [9.17, 15) is 4.79 Å². The first-order chi connectivity index (χ1) is 12.3. The first-order valence-corrected chi connectivity index (χ1v) is 11.0. The predicted octanol–water partition coefficient (Wildman–Crippen LogP) is 4.61. The highest BCUT2D eigenvalue weighted by Crippen LogP contribution is 2.30. The number of hydrogen-bond acceptors (Lipinski definition) is 7. The standard InChI is InChI=1S/C17H17N3O2S3/c21-16(19-17-18-12-4-1-2-5-14(12)25-17)10-23-9-11-8-13(22-20-11)15-6-3-7-24-15/h3,6-8H,1-2,4-5,9-10H2,(H,18,19,21). The van der Waals surface area contributed by atoms with Crippen LogP contribution in [0.4, 0.5) is 5.13 Å². The smallest absolute Gasteiger partial charge is 0.236 e. The van der Waals surface area contributed by atoms with E-state index < -0.39 is 0 Å². The molecule has 5 nitrogen and oxygen atoms in total. The summed E-state index contributed by atoms with van der Waals surface area (Å²) in [5.74, 6) is 1.80. The summed E-state index contributed by atoms with van der Waals surface area (Å²) >= 11 is 4.76. The van der Waals surface area contributed by atoms with Crippen LogP contribution in [0, 0.1) is 0 Å². The van der Waals surface area contributed by atoms with Gasteiger partial charge in [-0.3, -0.25) is 4.79 Å². The molecular weight excluding hydrogens is 374 g/mol. The highest BCUT2D eigenvalue weighted by atomic mass is 32.2. The van der Waals surface area contributed by atoms with Gasteiger partial charge in [-0.05, 0) is 37.1 Å². The molecule has 4 rings (SSSR count). The summed E-state index contributed by atoms with van der Waals surface area (Å²) in [7, 11) is 0. The normalized spacial score (nSPS) is 13.6. The van der Waals surface area contributed by atoms with Gasteiger partial charge in [-0.1, -0.05) is 11.2 Å². The molecule has 0 bridgehead atoms. The van der Waals surface area contributed by atoms with Gasteiger partial charge in [0.2, 0.25) is 5.91 Å². The van der Waals surface area contributed by atoms with E-state index >= 15 is 0 Å². The van der Waals surface area contributed by atoms with Crippen LogP contribution in [0.25, 0.3) is 10.6 Å². The molecule has 0 radical (unpaired) electrons. The Morgan fingerprint density at radius 2 is 2.28 bits per heavy atom. The third-order valence-corrected chi connectivity index (χ3v) is 6.82. The second kappa shape index (κ2) is 7.72. The van der Waals surface area contributed by atoms with Crippen molar-refractivity contribution in [3.63, 3.8) is 0 Å². The number of hydrogen-bond donors (Lipinski definition) is 1. The fourth-order valence-corrected chi connectivity index (χ4v) is 5.17. The van der Waals surface area contributed by atoms with Crippen molar-refractivity contribution in [3.8, 4) is 10.6 Å². The maximum absolute atomic E-state index is 12.1. The van der Waals surface area contributed by atoms with Crippen LogP contribution in [0.3, 0.4) is 0 Å². The Bertz CT molecular complexity index is 831. The number of nitrogens with zero attached hydrogens (tertiary/aromatic N) is 2. The average molecular weight is 392 g/mol. The maximum Gasteiger partial charge on any atom is 0.236 e. The fourth-order valence-electron chi connectivity index (χ4n) is 2.72. The first kappa shape index (κ1) is 16.8. The molecule has 0 aliphatic heterocycles. The molecule has 0 fully saturated rings. The molecule has 0 spiro atoms. The number of rotatable bonds is 6. The topological polar surface area (TPSA) is 68.0 Å². The van der Waals surface area contributed by atoms with Crippen LogP contribution in [-0.4, -0.2) is 21.8 Å². The predicted molar refractivity (Wildman–Crippen MR) is 103 cm³/mol. The summed E-state index contributed by atoms with van der Waals surface area (Å²) in [4.78, 5) is 19.0. The average Bonchev–Trinajstić information content (AvgIpc) is 3.34. The van der Waals surface area contributed by atoms with Gasteiger partial charge in [0.15, 0.2) is 10.9 Å². The summed E-state index contributed by atoms with van der Waals surface area (Å²) in [5, 5.41) is 9.73. The van der Waals surface area contributed by atoms with Gasteiger partial charge in [0, 0.05) is 16.7 Å². The van der Waals surface area contributed by atoms with Crippen LogP contribution in [0.5, 0.6) is 0 Å². The number of thiophene rings is 1. The molecule has 0 unspecified atom stereocenters. The van der Waals surface area contributed by atoms with Gasteiger partial charge >= 0.3 is 0 Å². The molecule has 0 saturated heterocycles. The lowest BCUT2D eigenvalue weighted by Gasteiger charge is -2.06. The number of anilines is 1. The molecule has 3 aromatic rings.